The number of hydrogen-bond donors (Lipinski definition) is 0. The molecule has 2 heterocycles. The lowest BCUT2D eigenvalue weighted by Crippen LogP contribution is -2.46. The molecule has 1 fully saturated rings. The largest absolute Gasteiger partial charge is 0.417 e. The van der Waals surface area contributed by atoms with Crippen LogP contribution in [0.25, 0.3) is 0 Å². The van der Waals surface area contributed by atoms with E-state index in [9.17, 15) is 26.9 Å². The molecule has 3 unspecified atom stereocenters. The second kappa shape index (κ2) is 18.4. The first kappa shape index (κ1) is 40.8. The maximum absolute atomic E-state index is 13.2. The van der Waals surface area contributed by atoms with Gasteiger partial charge in [0.2, 0.25) is 22.1 Å². The van der Waals surface area contributed by atoms with Crippen molar-refractivity contribution in [3.05, 3.63) is 28.5 Å². The topological polar surface area (TPSA) is 105 Å². The third kappa shape index (κ3) is 15.6. The number of alkyl halides is 3. The predicted molar refractivity (Wildman–Crippen MR) is 174 cm³/mol. The summed E-state index contributed by atoms with van der Waals surface area (Å²) in [7, 11) is -8.82. The Kier molecular flexibility index (Phi) is 16.7. The van der Waals surface area contributed by atoms with E-state index >= 15 is 0 Å². The highest BCUT2D eigenvalue weighted by Gasteiger charge is 2.32. The van der Waals surface area contributed by atoms with Crippen LogP contribution < -0.4 is 0 Å². The average molecular weight is 726 g/mol. The van der Waals surface area contributed by atoms with Crippen molar-refractivity contribution < 1.29 is 40.4 Å². The molecule has 1 aromatic rings. The summed E-state index contributed by atoms with van der Waals surface area (Å²) in [6.45, 7) is 15.2. The number of rotatable bonds is 14. The molecule has 3 atom stereocenters. The summed E-state index contributed by atoms with van der Waals surface area (Å²) < 4.78 is 95.9. The lowest BCUT2D eigenvalue weighted by atomic mass is 10.2. The quantitative estimate of drug-likeness (QED) is 0.206. The average Bonchev–Trinajstić information content (AvgIpc) is 2.90. The van der Waals surface area contributed by atoms with E-state index in [0.717, 1.165) is 12.3 Å². The van der Waals surface area contributed by atoms with Gasteiger partial charge in [-0.15, -0.1) is 0 Å². The van der Waals surface area contributed by atoms with Crippen LogP contribution in [0.5, 0.6) is 0 Å². The van der Waals surface area contributed by atoms with Crippen LogP contribution in [-0.4, -0.2) is 136 Å². The number of pyridine rings is 1. The van der Waals surface area contributed by atoms with Crippen LogP contribution in [0, 0.1) is 0 Å². The minimum Gasteiger partial charge on any atom is -0.328 e. The second-order valence-corrected chi connectivity index (χ2v) is 19.6. The second-order valence-electron chi connectivity index (χ2n) is 11.5. The summed E-state index contributed by atoms with van der Waals surface area (Å²) in [5, 5.41) is -0.0811. The van der Waals surface area contributed by atoms with Gasteiger partial charge in [-0.05, 0) is 26.8 Å². The van der Waals surface area contributed by atoms with Gasteiger partial charge < -0.3 is 13.6 Å². The Hall–Kier alpha value is -0.360. The molecule has 1 aromatic heterocycles. The highest BCUT2D eigenvalue weighted by atomic mass is 35.5. The van der Waals surface area contributed by atoms with Crippen molar-refractivity contribution >= 4 is 33.7 Å². The van der Waals surface area contributed by atoms with E-state index in [1.165, 1.54) is 0 Å². The Bertz CT molecular complexity index is 1170. The molecule has 11 nitrogen and oxygen atoms in total. The van der Waals surface area contributed by atoms with Crippen LogP contribution in [0.1, 0.15) is 32.0 Å². The van der Waals surface area contributed by atoms with E-state index in [4.69, 9.17) is 25.2 Å². The van der Waals surface area contributed by atoms with Crippen molar-refractivity contribution in [2.45, 2.75) is 33.5 Å². The van der Waals surface area contributed by atoms with Gasteiger partial charge in [0.15, 0.2) is 0 Å². The molecule has 2 rings (SSSR count). The van der Waals surface area contributed by atoms with Gasteiger partial charge in [-0.25, -0.2) is 0 Å². The van der Waals surface area contributed by atoms with Crippen molar-refractivity contribution in [1.82, 2.24) is 24.6 Å². The zero-order chi connectivity index (χ0) is 33.9. The highest BCUT2D eigenvalue weighted by Crippen LogP contribution is 2.45. The first-order chi connectivity index (χ1) is 20.9. The Labute approximate surface area is 271 Å². The van der Waals surface area contributed by atoms with Crippen LogP contribution in [0.4, 0.5) is 13.2 Å². The van der Waals surface area contributed by atoms with Crippen LogP contribution in [0.2, 0.25) is 5.02 Å². The number of halogens is 4. The van der Waals surface area contributed by atoms with Crippen LogP contribution >= 0.6 is 33.7 Å². The van der Waals surface area contributed by atoms with E-state index in [1.807, 2.05) is 14.7 Å². The maximum atomic E-state index is 13.2. The van der Waals surface area contributed by atoms with Gasteiger partial charge in [-0.3, -0.25) is 38.3 Å². The molecule has 0 spiro atoms. The zero-order valence-corrected chi connectivity index (χ0v) is 30.7. The van der Waals surface area contributed by atoms with Gasteiger partial charge in [0.1, 0.15) is 0 Å². The van der Waals surface area contributed by atoms with Gasteiger partial charge >= 0.3 is 6.18 Å². The molecule has 45 heavy (non-hydrogen) atoms. The molecule has 18 heteroatoms. The third-order valence-corrected chi connectivity index (χ3v) is 12.6. The Morgan fingerprint density at radius 2 is 1.04 bits per heavy atom. The third-order valence-electron chi connectivity index (χ3n) is 7.13. The minimum atomic E-state index is -4.56. The van der Waals surface area contributed by atoms with Crippen molar-refractivity contribution in [2.24, 2.45) is 0 Å². The van der Waals surface area contributed by atoms with Crippen LogP contribution in [-0.2, 0) is 40.0 Å². The zero-order valence-electron chi connectivity index (χ0n) is 27.3. The number of hydrogen-bond acceptors (Lipinski definition) is 11. The summed E-state index contributed by atoms with van der Waals surface area (Å²) >= 11 is 6.27. The van der Waals surface area contributed by atoms with Crippen LogP contribution in [0.3, 0.4) is 0 Å². The highest BCUT2D eigenvalue weighted by molar-refractivity contribution is 7.58. The van der Waals surface area contributed by atoms with E-state index in [1.54, 1.807) is 40.8 Å². The Morgan fingerprint density at radius 3 is 1.33 bits per heavy atom. The molecule has 0 saturated carbocycles. The maximum Gasteiger partial charge on any atom is 0.417 e. The molecule has 1 saturated heterocycles. The SMILES string of the molecule is CCOP(C)(=O)CN1CCN(Cc2ncc(C(F)(F)F)cc2Cl)CCN(CP(C)(=O)OCC)CCN(CP(C)(=O)OCC)CC1. The molecule has 262 valence electrons. The molecular weight excluding hydrogens is 676 g/mol. The number of nitrogens with zero attached hydrogens (tertiary/aromatic N) is 5. The first-order valence-electron chi connectivity index (χ1n) is 15.1. The van der Waals surface area contributed by atoms with Gasteiger partial charge in [0.05, 0.1) is 55.0 Å². The van der Waals surface area contributed by atoms with Crippen LogP contribution in [0.15, 0.2) is 12.3 Å². The van der Waals surface area contributed by atoms with Gasteiger partial charge in [0, 0.05) is 85.1 Å². The molecule has 0 radical (unpaired) electrons. The normalized spacial score (nSPS) is 21.7. The van der Waals surface area contributed by atoms with Crippen molar-refractivity contribution in [3.8, 4) is 0 Å². The predicted octanol–water partition coefficient (Wildman–Crippen LogP) is 6.18. The first-order valence-corrected chi connectivity index (χ1v) is 22.3. The smallest absolute Gasteiger partial charge is 0.328 e. The van der Waals surface area contributed by atoms with Crippen molar-refractivity contribution in [1.29, 1.82) is 0 Å². The summed E-state index contributed by atoms with van der Waals surface area (Å²) in [4.78, 5) is 12.2. The summed E-state index contributed by atoms with van der Waals surface area (Å²) in [5.74, 6) is 0. The summed E-state index contributed by atoms with van der Waals surface area (Å²) in [5.41, 5.74) is -0.612. The van der Waals surface area contributed by atoms with E-state index < -0.39 is 33.8 Å². The fourth-order valence-electron chi connectivity index (χ4n) is 5.14. The van der Waals surface area contributed by atoms with E-state index in [0.29, 0.717) is 77.9 Å². The van der Waals surface area contributed by atoms with Gasteiger partial charge in [0.25, 0.3) is 0 Å². The minimum absolute atomic E-state index is 0.0811. The Balaban J connectivity index is 2.39. The van der Waals surface area contributed by atoms with E-state index in [2.05, 4.69) is 9.88 Å². The number of aromatic nitrogens is 1. The van der Waals surface area contributed by atoms with E-state index in [-0.39, 0.29) is 30.4 Å². The monoisotopic (exact) mass is 725 g/mol. The molecule has 1 aliphatic heterocycles. The standard InChI is InChI=1S/C27H50ClF3N5O6P3/c1-7-40-43(4,37)21-34-12-10-33(20-26-25(28)18-24(19-32-26)27(29,30)31)11-13-35(22-44(5,38)41-8-2)15-17-36(16-14-34)23-45(6,39)42-9-3/h18-19H,7-17,20-23H2,1-6H3. The molecule has 1 aliphatic rings. The van der Waals surface area contributed by atoms with Crippen molar-refractivity contribution in [2.75, 3.05) is 111 Å². The van der Waals surface area contributed by atoms with Gasteiger partial charge in [-0.2, -0.15) is 13.2 Å². The molecule has 0 N–H and O–H groups in total. The fraction of sp³-hybridized carbons (Fsp3) is 0.815. The Morgan fingerprint density at radius 1 is 0.711 bits per heavy atom. The lowest BCUT2D eigenvalue weighted by molar-refractivity contribution is -0.137. The summed E-state index contributed by atoms with van der Waals surface area (Å²) in [6.07, 6.45) is -3.14. The lowest BCUT2D eigenvalue weighted by Gasteiger charge is -2.35. The summed E-state index contributed by atoms with van der Waals surface area (Å²) in [6, 6.07) is 0.882. The fourth-order valence-corrected chi connectivity index (χ4v) is 10.3. The molecule has 0 bridgehead atoms. The molecule has 0 aliphatic carbocycles. The molecule has 0 aromatic carbocycles. The molecular formula is C27H50ClF3N5O6P3. The van der Waals surface area contributed by atoms with Gasteiger partial charge in [-0.1, -0.05) is 11.6 Å². The van der Waals surface area contributed by atoms with Crippen molar-refractivity contribution in [3.63, 3.8) is 0 Å². The molecule has 0 amide bonds.